The van der Waals surface area contributed by atoms with Gasteiger partial charge in [-0.2, -0.15) is 0 Å². The van der Waals surface area contributed by atoms with E-state index in [-0.39, 0.29) is 5.75 Å². The third-order valence-corrected chi connectivity index (χ3v) is 10.2. The zero-order chi connectivity index (χ0) is 35.3. The van der Waals surface area contributed by atoms with E-state index < -0.39 is 0 Å². The number of rotatable bonds is 5. The zero-order valence-corrected chi connectivity index (χ0v) is 28.6. The number of hydrogen-bond acceptors (Lipinski definition) is 4. The molecule has 0 fully saturated rings. The number of nitrogens with zero attached hydrogens (tertiary/aromatic N) is 3. The molecule has 248 valence electrons. The quantitative estimate of drug-likeness (QED) is 0.184. The van der Waals surface area contributed by atoms with Crippen molar-refractivity contribution < 1.29 is 5.11 Å². The van der Waals surface area contributed by atoms with Crippen molar-refractivity contribution in [3.8, 4) is 62.2 Å². The molecule has 9 aromatic carbocycles. The van der Waals surface area contributed by atoms with Crippen LogP contribution < -0.4 is 0 Å². The summed E-state index contributed by atoms with van der Waals surface area (Å²) in [5, 5.41) is 21.0. The molecule has 0 bridgehead atoms. The van der Waals surface area contributed by atoms with Crippen molar-refractivity contribution >= 4 is 43.1 Å². The summed E-state index contributed by atoms with van der Waals surface area (Å²) in [7, 11) is 0. The monoisotopic (exact) mass is 677 g/mol. The Hall–Kier alpha value is -7.17. The summed E-state index contributed by atoms with van der Waals surface area (Å²) in [5.41, 5.74) is 6.14. The summed E-state index contributed by atoms with van der Waals surface area (Å²) in [5.74, 6) is 1.77. The number of benzene rings is 9. The second kappa shape index (κ2) is 12.6. The zero-order valence-electron chi connectivity index (χ0n) is 28.6. The number of fused-ring (bicyclic) bond motifs is 6. The van der Waals surface area contributed by atoms with Gasteiger partial charge in [0.2, 0.25) is 0 Å². The Morgan fingerprint density at radius 2 is 0.849 bits per heavy atom. The van der Waals surface area contributed by atoms with Gasteiger partial charge in [0, 0.05) is 22.3 Å². The second-order valence-corrected chi connectivity index (χ2v) is 13.3. The van der Waals surface area contributed by atoms with Gasteiger partial charge in [0.05, 0.1) is 0 Å². The molecule has 0 aliphatic carbocycles. The molecule has 0 saturated carbocycles. The molecule has 4 heteroatoms. The summed E-state index contributed by atoms with van der Waals surface area (Å²) in [6.07, 6.45) is 0. The van der Waals surface area contributed by atoms with Crippen molar-refractivity contribution in [2.45, 2.75) is 0 Å². The number of aromatic hydroxyl groups is 1. The Morgan fingerprint density at radius 3 is 1.64 bits per heavy atom. The lowest BCUT2D eigenvalue weighted by Crippen LogP contribution is -2.02. The van der Waals surface area contributed by atoms with E-state index in [0.29, 0.717) is 23.0 Å². The molecule has 10 rings (SSSR count). The molecule has 0 aliphatic rings. The van der Waals surface area contributed by atoms with Crippen LogP contribution in [-0.2, 0) is 0 Å². The highest BCUT2D eigenvalue weighted by Crippen LogP contribution is 2.44. The third kappa shape index (κ3) is 5.28. The average molecular weight is 678 g/mol. The number of hydrogen-bond donors (Lipinski definition) is 1. The molecule has 53 heavy (non-hydrogen) atoms. The standard InChI is InChI=1S/C49H31N3O/c53-45-24-12-23-42(46(45)41-22-11-8-19-38(41)35-28-27-32-26-25-31-13-4-6-17-36(31)43(32)29-35)48-50-47(33-14-2-1-3-15-33)51-49(52-48)44-30-34-16-5-7-18-37(34)39-20-9-10-21-40(39)44/h1-30,53H. The molecule has 0 atom stereocenters. The summed E-state index contributed by atoms with van der Waals surface area (Å²) in [6, 6.07) is 62.3. The fourth-order valence-electron chi connectivity index (χ4n) is 7.70. The molecule has 1 heterocycles. The van der Waals surface area contributed by atoms with Gasteiger partial charge in [-0.25, -0.2) is 15.0 Å². The highest BCUT2D eigenvalue weighted by atomic mass is 16.3. The van der Waals surface area contributed by atoms with Gasteiger partial charge in [-0.05, 0) is 78.0 Å². The van der Waals surface area contributed by atoms with Crippen molar-refractivity contribution in [2.24, 2.45) is 0 Å². The number of phenolic OH excluding ortho intramolecular Hbond substituents is 1. The maximum absolute atomic E-state index is 11.8. The van der Waals surface area contributed by atoms with Gasteiger partial charge >= 0.3 is 0 Å². The molecular formula is C49H31N3O. The van der Waals surface area contributed by atoms with E-state index in [1.165, 1.54) is 26.9 Å². The van der Waals surface area contributed by atoms with Crippen LogP contribution >= 0.6 is 0 Å². The highest BCUT2D eigenvalue weighted by molar-refractivity contribution is 6.13. The summed E-state index contributed by atoms with van der Waals surface area (Å²) < 4.78 is 0. The molecule has 0 amide bonds. The topological polar surface area (TPSA) is 58.9 Å². The van der Waals surface area contributed by atoms with E-state index in [1.807, 2.05) is 54.6 Å². The van der Waals surface area contributed by atoms with E-state index in [2.05, 4.69) is 121 Å². The van der Waals surface area contributed by atoms with Gasteiger partial charge in [0.1, 0.15) is 5.75 Å². The lowest BCUT2D eigenvalue weighted by atomic mass is 9.89. The molecule has 1 N–H and O–H groups in total. The Labute approximate surface area is 306 Å². The normalized spacial score (nSPS) is 11.5. The van der Waals surface area contributed by atoms with Crippen molar-refractivity contribution in [1.29, 1.82) is 0 Å². The summed E-state index contributed by atoms with van der Waals surface area (Å²) in [4.78, 5) is 15.5. The summed E-state index contributed by atoms with van der Waals surface area (Å²) >= 11 is 0. The summed E-state index contributed by atoms with van der Waals surface area (Å²) in [6.45, 7) is 0. The molecule has 0 unspecified atom stereocenters. The molecule has 10 aromatic rings. The minimum Gasteiger partial charge on any atom is -0.507 e. The lowest BCUT2D eigenvalue weighted by Gasteiger charge is -2.17. The largest absolute Gasteiger partial charge is 0.507 e. The molecule has 0 spiro atoms. The first-order valence-corrected chi connectivity index (χ1v) is 17.8. The van der Waals surface area contributed by atoms with Crippen LogP contribution in [0.5, 0.6) is 5.75 Å². The van der Waals surface area contributed by atoms with Gasteiger partial charge in [0.25, 0.3) is 0 Å². The molecule has 1 aromatic heterocycles. The lowest BCUT2D eigenvalue weighted by molar-refractivity contribution is 0.477. The smallest absolute Gasteiger partial charge is 0.164 e. The van der Waals surface area contributed by atoms with E-state index in [9.17, 15) is 5.11 Å². The SMILES string of the molecule is Oc1cccc(-c2nc(-c3ccccc3)nc(-c3cc4ccccc4c4ccccc34)n2)c1-c1ccccc1-c1ccc2ccc3ccccc3c2c1. The van der Waals surface area contributed by atoms with E-state index in [4.69, 9.17) is 15.0 Å². The van der Waals surface area contributed by atoms with Crippen molar-refractivity contribution in [1.82, 2.24) is 15.0 Å². The fourth-order valence-corrected chi connectivity index (χ4v) is 7.70. The minimum atomic E-state index is 0.153. The van der Waals surface area contributed by atoms with Crippen LogP contribution in [0.3, 0.4) is 0 Å². The van der Waals surface area contributed by atoms with Gasteiger partial charge in [-0.3, -0.25) is 0 Å². The predicted octanol–water partition coefficient (Wildman–Crippen LogP) is 12.5. The van der Waals surface area contributed by atoms with Crippen molar-refractivity contribution in [3.05, 3.63) is 182 Å². The molecule has 4 nitrogen and oxygen atoms in total. The minimum absolute atomic E-state index is 0.153. The van der Waals surface area contributed by atoms with Crippen LogP contribution in [0.15, 0.2) is 182 Å². The predicted molar refractivity (Wildman–Crippen MR) is 219 cm³/mol. The first-order valence-electron chi connectivity index (χ1n) is 17.8. The Kier molecular flexibility index (Phi) is 7.26. The molecule has 0 radical (unpaired) electrons. The van der Waals surface area contributed by atoms with Gasteiger partial charge in [-0.1, -0.05) is 164 Å². The van der Waals surface area contributed by atoms with E-state index in [0.717, 1.165) is 49.5 Å². The second-order valence-electron chi connectivity index (χ2n) is 13.3. The van der Waals surface area contributed by atoms with Crippen molar-refractivity contribution in [3.63, 3.8) is 0 Å². The van der Waals surface area contributed by atoms with Crippen LogP contribution in [0.4, 0.5) is 0 Å². The average Bonchev–Trinajstić information content (AvgIpc) is 3.23. The van der Waals surface area contributed by atoms with E-state index >= 15 is 0 Å². The van der Waals surface area contributed by atoms with Crippen LogP contribution in [0.25, 0.3) is 99.5 Å². The van der Waals surface area contributed by atoms with E-state index in [1.54, 1.807) is 6.07 Å². The van der Waals surface area contributed by atoms with Crippen LogP contribution in [-0.4, -0.2) is 20.1 Å². The fraction of sp³-hybridized carbons (Fsp3) is 0. The first-order chi connectivity index (χ1) is 26.2. The number of aromatic nitrogens is 3. The van der Waals surface area contributed by atoms with Crippen LogP contribution in [0, 0.1) is 0 Å². The van der Waals surface area contributed by atoms with Crippen LogP contribution in [0.1, 0.15) is 0 Å². The highest BCUT2D eigenvalue weighted by Gasteiger charge is 2.21. The molecule has 0 aliphatic heterocycles. The first kappa shape index (κ1) is 30.6. The van der Waals surface area contributed by atoms with Gasteiger partial charge in [0.15, 0.2) is 17.5 Å². The maximum Gasteiger partial charge on any atom is 0.164 e. The van der Waals surface area contributed by atoms with Crippen LogP contribution in [0.2, 0.25) is 0 Å². The third-order valence-electron chi connectivity index (χ3n) is 10.2. The Bertz CT molecular complexity index is 3030. The molecule has 0 saturated heterocycles. The van der Waals surface area contributed by atoms with Crippen molar-refractivity contribution in [2.75, 3.05) is 0 Å². The Balaban J connectivity index is 1.21. The van der Waals surface area contributed by atoms with Gasteiger partial charge in [-0.15, -0.1) is 0 Å². The van der Waals surface area contributed by atoms with Gasteiger partial charge < -0.3 is 5.11 Å². The Morgan fingerprint density at radius 1 is 0.302 bits per heavy atom. The molecular weight excluding hydrogens is 647 g/mol. The number of phenols is 1. The maximum atomic E-state index is 11.8.